The highest BCUT2D eigenvalue weighted by Crippen LogP contribution is 2.29. The second kappa shape index (κ2) is 7.77. The molecule has 1 amide bonds. The lowest BCUT2D eigenvalue weighted by atomic mass is 9.94. The Labute approximate surface area is 158 Å². The molecule has 0 spiro atoms. The molecule has 2 bridgehead atoms. The Morgan fingerprint density at radius 3 is 2.52 bits per heavy atom. The highest BCUT2D eigenvalue weighted by atomic mass is 19.2. The van der Waals surface area contributed by atoms with E-state index in [0.29, 0.717) is 11.5 Å². The third-order valence-corrected chi connectivity index (χ3v) is 5.70. The number of halogens is 2. The van der Waals surface area contributed by atoms with E-state index in [9.17, 15) is 13.6 Å². The van der Waals surface area contributed by atoms with E-state index in [2.05, 4.69) is 29.2 Å². The number of piperidine rings is 1. The zero-order chi connectivity index (χ0) is 18.8. The van der Waals surface area contributed by atoms with Crippen LogP contribution in [-0.2, 0) is 17.8 Å². The maximum atomic E-state index is 13.4. The molecule has 0 radical (unpaired) electrons. The topological polar surface area (TPSA) is 23.6 Å². The summed E-state index contributed by atoms with van der Waals surface area (Å²) in [6.45, 7) is 3.53. The molecular formula is C22H24F2N2O. The molecule has 2 atom stereocenters. The zero-order valence-electron chi connectivity index (χ0n) is 15.3. The van der Waals surface area contributed by atoms with Crippen LogP contribution in [-0.4, -0.2) is 41.4 Å². The first-order valence-electron chi connectivity index (χ1n) is 9.58. The van der Waals surface area contributed by atoms with Gasteiger partial charge in [-0.25, -0.2) is 8.78 Å². The fourth-order valence-electron chi connectivity index (χ4n) is 4.38. The predicted octanol–water partition coefficient (Wildman–Crippen LogP) is 3.63. The Kier molecular flexibility index (Phi) is 5.21. The van der Waals surface area contributed by atoms with Gasteiger partial charge in [-0.05, 0) is 42.0 Å². The summed E-state index contributed by atoms with van der Waals surface area (Å²) in [5.41, 5.74) is 1.82. The van der Waals surface area contributed by atoms with E-state index in [1.54, 1.807) is 0 Å². The largest absolute Gasteiger partial charge is 0.338 e. The van der Waals surface area contributed by atoms with Crippen molar-refractivity contribution >= 4 is 5.91 Å². The van der Waals surface area contributed by atoms with Gasteiger partial charge in [-0.1, -0.05) is 36.4 Å². The SMILES string of the molecule is O=C(Cc1ccc(F)c(F)c1)N1C[C@H]2CC[C@@H]1CN(Cc1ccccc1)C2. The van der Waals surface area contributed by atoms with Gasteiger partial charge in [-0.15, -0.1) is 0 Å². The van der Waals surface area contributed by atoms with Gasteiger partial charge in [0.05, 0.1) is 6.42 Å². The third kappa shape index (κ3) is 4.19. The fourth-order valence-corrected chi connectivity index (χ4v) is 4.38. The van der Waals surface area contributed by atoms with Gasteiger partial charge in [0.1, 0.15) is 0 Å². The van der Waals surface area contributed by atoms with Gasteiger partial charge < -0.3 is 4.90 Å². The number of fused-ring (bicyclic) bond motifs is 4. The molecule has 2 aromatic rings. The molecule has 3 nitrogen and oxygen atoms in total. The Morgan fingerprint density at radius 1 is 0.926 bits per heavy atom. The first kappa shape index (κ1) is 18.1. The molecule has 3 saturated heterocycles. The van der Waals surface area contributed by atoms with E-state index in [1.807, 2.05) is 11.0 Å². The summed E-state index contributed by atoms with van der Waals surface area (Å²) in [6.07, 6.45) is 2.28. The zero-order valence-corrected chi connectivity index (χ0v) is 15.3. The Bertz CT molecular complexity index is 811. The fraction of sp³-hybridized carbons (Fsp3) is 0.409. The molecular weight excluding hydrogens is 346 g/mol. The van der Waals surface area contributed by atoms with Crippen LogP contribution in [0.15, 0.2) is 48.5 Å². The molecule has 0 unspecified atom stereocenters. The molecule has 142 valence electrons. The van der Waals surface area contributed by atoms with Gasteiger partial charge in [0.25, 0.3) is 0 Å². The Morgan fingerprint density at radius 2 is 1.74 bits per heavy atom. The molecule has 0 saturated carbocycles. The van der Waals surface area contributed by atoms with E-state index < -0.39 is 11.6 Å². The summed E-state index contributed by atoms with van der Waals surface area (Å²) in [4.78, 5) is 17.3. The highest BCUT2D eigenvalue weighted by molar-refractivity contribution is 5.79. The molecule has 0 aromatic heterocycles. The number of carbonyl (C=O) groups excluding carboxylic acids is 1. The van der Waals surface area contributed by atoms with Crippen molar-refractivity contribution in [2.45, 2.75) is 31.8 Å². The lowest BCUT2D eigenvalue weighted by molar-refractivity contribution is -0.134. The van der Waals surface area contributed by atoms with Crippen molar-refractivity contribution in [1.29, 1.82) is 0 Å². The first-order valence-corrected chi connectivity index (χ1v) is 9.58. The van der Waals surface area contributed by atoms with Crippen LogP contribution in [0.1, 0.15) is 24.0 Å². The van der Waals surface area contributed by atoms with Crippen LogP contribution in [0.2, 0.25) is 0 Å². The standard InChI is InChI=1S/C22H24F2N2O/c23-20-9-7-17(10-21(20)24)11-22(27)26-14-18-6-8-19(26)15-25(13-18)12-16-4-2-1-3-5-16/h1-5,7,9-10,18-19H,6,8,11-15H2/t18-,19+/m0/s1. The summed E-state index contributed by atoms with van der Waals surface area (Å²) >= 11 is 0. The van der Waals surface area contributed by atoms with E-state index in [0.717, 1.165) is 51.2 Å². The van der Waals surface area contributed by atoms with Gasteiger partial charge in [0.15, 0.2) is 11.6 Å². The van der Waals surface area contributed by atoms with E-state index in [1.165, 1.54) is 11.6 Å². The molecule has 5 heteroatoms. The Hall–Kier alpha value is -2.27. The van der Waals surface area contributed by atoms with Crippen molar-refractivity contribution in [2.75, 3.05) is 19.6 Å². The van der Waals surface area contributed by atoms with Gasteiger partial charge in [-0.2, -0.15) is 0 Å². The number of amides is 1. The molecule has 5 rings (SSSR count). The maximum Gasteiger partial charge on any atom is 0.227 e. The lowest BCUT2D eigenvalue weighted by Crippen LogP contribution is -2.48. The molecule has 0 N–H and O–H groups in total. The molecule has 3 aliphatic rings. The van der Waals surface area contributed by atoms with E-state index >= 15 is 0 Å². The van der Waals surface area contributed by atoms with Crippen molar-refractivity contribution in [1.82, 2.24) is 9.80 Å². The minimum absolute atomic E-state index is 0.0114. The van der Waals surface area contributed by atoms with Crippen molar-refractivity contribution < 1.29 is 13.6 Å². The highest BCUT2D eigenvalue weighted by Gasteiger charge is 2.36. The van der Waals surface area contributed by atoms with E-state index in [4.69, 9.17) is 0 Å². The average Bonchev–Trinajstić information content (AvgIpc) is 2.96. The van der Waals surface area contributed by atoms with Crippen molar-refractivity contribution in [2.24, 2.45) is 5.92 Å². The number of nitrogens with zero attached hydrogens (tertiary/aromatic N) is 2. The van der Waals surface area contributed by atoms with Crippen LogP contribution >= 0.6 is 0 Å². The molecule has 2 aromatic carbocycles. The summed E-state index contributed by atoms with van der Waals surface area (Å²) in [5, 5.41) is 0. The number of hydrogen-bond donors (Lipinski definition) is 0. The predicted molar refractivity (Wildman–Crippen MR) is 100 cm³/mol. The summed E-state index contributed by atoms with van der Waals surface area (Å²) in [6, 6.07) is 14.3. The smallest absolute Gasteiger partial charge is 0.227 e. The second-order valence-corrected chi connectivity index (χ2v) is 7.75. The maximum absolute atomic E-state index is 13.4. The van der Waals surface area contributed by atoms with E-state index in [-0.39, 0.29) is 18.4 Å². The number of benzene rings is 2. The second-order valence-electron chi connectivity index (χ2n) is 7.75. The van der Waals surface area contributed by atoms with Gasteiger partial charge >= 0.3 is 0 Å². The van der Waals surface area contributed by atoms with Crippen LogP contribution in [0.3, 0.4) is 0 Å². The van der Waals surface area contributed by atoms with Crippen molar-refractivity contribution in [3.63, 3.8) is 0 Å². The van der Waals surface area contributed by atoms with Gasteiger partial charge in [0.2, 0.25) is 5.91 Å². The minimum Gasteiger partial charge on any atom is -0.338 e. The Balaban J connectivity index is 1.43. The lowest BCUT2D eigenvalue weighted by Gasteiger charge is -2.36. The molecule has 3 fully saturated rings. The van der Waals surface area contributed by atoms with Crippen LogP contribution in [0.25, 0.3) is 0 Å². The van der Waals surface area contributed by atoms with Crippen LogP contribution in [0.4, 0.5) is 8.78 Å². The quantitative estimate of drug-likeness (QED) is 0.821. The van der Waals surface area contributed by atoms with Crippen LogP contribution < -0.4 is 0 Å². The van der Waals surface area contributed by atoms with Gasteiger partial charge in [0, 0.05) is 32.2 Å². The van der Waals surface area contributed by atoms with Crippen molar-refractivity contribution in [3.8, 4) is 0 Å². The first-order chi connectivity index (χ1) is 13.1. The van der Waals surface area contributed by atoms with Crippen LogP contribution in [0, 0.1) is 17.6 Å². The molecule has 3 heterocycles. The summed E-state index contributed by atoms with van der Waals surface area (Å²) < 4.78 is 26.6. The normalized spacial score (nSPS) is 22.7. The summed E-state index contributed by atoms with van der Waals surface area (Å²) in [5.74, 6) is -1.29. The third-order valence-electron chi connectivity index (χ3n) is 5.70. The van der Waals surface area contributed by atoms with Crippen molar-refractivity contribution in [3.05, 3.63) is 71.3 Å². The number of rotatable bonds is 4. The average molecular weight is 370 g/mol. The molecule has 0 aliphatic carbocycles. The summed E-state index contributed by atoms with van der Waals surface area (Å²) in [7, 11) is 0. The number of carbonyl (C=O) groups is 1. The molecule has 27 heavy (non-hydrogen) atoms. The number of hydrogen-bond acceptors (Lipinski definition) is 2. The minimum atomic E-state index is -0.897. The van der Waals surface area contributed by atoms with Gasteiger partial charge in [-0.3, -0.25) is 9.69 Å². The van der Waals surface area contributed by atoms with Crippen LogP contribution in [0.5, 0.6) is 0 Å². The molecule has 3 aliphatic heterocycles. The monoisotopic (exact) mass is 370 g/mol.